The topological polar surface area (TPSA) is 61.9 Å². The summed E-state index contributed by atoms with van der Waals surface area (Å²) in [5.74, 6) is 2.52. The van der Waals surface area contributed by atoms with Crippen molar-refractivity contribution in [2.45, 2.75) is 19.4 Å². The van der Waals surface area contributed by atoms with Crippen LogP contribution in [0.15, 0.2) is 23.4 Å². The normalized spacial score (nSPS) is 20.1. The molecule has 0 radical (unpaired) electrons. The van der Waals surface area contributed by atoms with Crippen LogP contribution in [0.4, 0.5) is 5.69 Å². The molecule has 1 aromatic rings. The van der Waals surface area contributed by atoms with E-state index in [2.05, 4.69) is 30.1 Å². The SMILES string of the molecule is Cc1ccc(C(N)=NO)c(N(C)C2CCSC2)c1. The standard InChI is InChI=1S/C13H19N3OS/c1-9-3-4-11(13(14)15-17)12(7-9)16(2)10-5-6-18-8-10/h3-4,7,10,17H,5-6,8H2,1-2H3,(H2,14,15). The highest BCUT2D eigenvalue weighted by atomic mass is 32.2. The molecule has 1 fully saturated rings. The minimum Gasteiger partial charge on any atom is -0.409 e. The average molecular weight is 265 g/mol. The van der Waals surface area contributed by atoms with Gasteiger partial charge in [-0.25, -0.2) is 0 Å². The van der Waals surface area contributed by atoms with Crippen LogP contribution < -0.4 is 10.6 Å². The fourth-order valence-corrected chi connectivity index (χ4v) is 3.50. The van der Waals surface area contributed by atoms with Gasteiger partial charge in [-0.3, -0.25) is 0 Å². The summed E-state index contributed by atoms with van der Waals surface area (Å²) in [6.45, 7) is 2.05. The molecule has 1 atom stereocenters. The van der Waals surface area contributed by atoms with Gasteiger partial charge in [-0.15, -0.1) is 0 Å². The van der Waals surface area contributed by atoms with Crippen molar-refractivity contribution in [3.8, 4) is 0 Å². The van der Waals surface area contributed by atoms with E-state index in [1.165, 1.54) is 17.7 Å². The predicted octanol–water partition coefficient (Wildman–Crippen LogP) is 2.03. The Kier molecular flexibility index (Phi) is 4.01. The second-order valence-corrected chi connectivity index (χ2v) is 5.78. The van der Waals surface area contributed by atoms with E-state index in [0.29, 0.717) is 6.04 Å². The van der Waals surface area contributed by atoms with Gasteiger partial charge in [0.15, 0.2) is 5.84 Å². The van der Waals surface area contributed by atoms with Gasteiger partial charge >= 0.3 is 0 Å². The van der Waals surface area contributed by atoms with Crippen LogP contribution in [0.2, 0.25) is 0 Å². The number of oxime groups is 1. The molecule has 2 rings (SSSR count). The smallest absolute Gasteiger partial charge is 0.172 e. The third kappa shape index (κ3) is 2.56. The first-order chi connectivity index (χ1) is 8.63. The summed E-state index contributed by atoms with van der Waals surface area (Å²) in [6.07, 6.45) is 1.19. The number of anilines is 1. The van der Waals surface area contributed by atoms with Crippen LogP contribution in [0.5, 0.6) is 0 Å². The molecular formula is C13H19N3OS. The van der Waals surface area contributed by atoms with Crippen LogP contribution in [-0.2, 0) is 0 Å². The molecule has 98 valence electrons. The number of hydrogen-bond donors (Lipinski definition) is 2. The van der Waals surface area contributed by atoms with Crippen LogP contribution >= 0.6 is 11.8 Å². The summed E-state index contributed by atoms with van der Waals surface area (Å²) in [7, 11) is 2.08. The Bertz CT molecular complexity index is 456. The first kappa shape index (κ1) is 13.1. The van der Waals surface area contributed by atoms with Crippen LogP contribution in [0.25, 0.3) is 0 Å². The number of thioether (sulfide) groups is 1. The van der Waals surface area contributed by atoms with Crippen molar-refractivity contribution < 1.29 is 5.21 Å². The summed E-state index contributed by atoms with van der Waals surface area (Å²) < 4.78 is 0. The number of nitrogens with two attached hydrogens (primary N) is 1. The number of hydrogen-bond acceptors (Lipinski definition) is 4. The van der Waals surface area contributed by atoms with Crippen molar-refractivity contribution in [2.75, 3.05) is 23.5 Å². The lowest BCUT2D eigenvalue weighted by molar-refractivity contribution is 0.318. The Balaban J connectivity index is 2.37. The van der Waals surface area contributed by atoms with E-state index < -0.39 is 0 Å². The van der Waals surface area contributed by atoms with E-state index in [9.17, 15) is 0 Å². The molecule has 0 aromatic heterocycles. The fourth-order valence-electron chi connectivity index (χ4n) is 2.23. The van der Waals surface area contributed by atoms with Crippen molar-refractivity contribution in [3.63, 3.8) is 0 Å². The van der Waals surface area contributed by atoms with E-state index in [1.54, 1.807) is 0 Å². The number of nitrogens with zero attached hydrogens (tertiary/aromatic N) is 2. The molecule has 1 heterocycles. The predicted molar refractivity (Wildman–Crippen MR) is 77.8 cm³/mol. The Morgan fingerprint density at radius 2 is 2.33 bits per heavy atom. The Labute approximate surface area is 112 Å². The molecule has 0 saturated carbocycles. The molecule has 0 bridgehead atoms. The van der Waals surface area contributed by atoms with Crippen molar-refractivity contribution in [2.24, 2.45) is 10.9 Å². The quantitative estimate of drug-likeness (QED) is 0.380. The van der Waals surface area contributed by atoms with Gasteiger partial charge in [0.25, 0.3) is 0 Å². The minimum atomic E-state index is 0.169. The highest BCUT2D eigenvalue weighted by Crippen LogP contribution is 2.29. The molecule has 1 unspecified atom stereocenters. The van der Waals surface area contributed by atoms with Crippen LogP contribution in [-0.4, -0.2) is 35.6 Å². The average Bonchev–Trinajstić information content (AvgIpc) is 2.90. The van der Waals surface area contributed by atoms with Gasteiger partial charge in [0.2, 0.25) is 0 Å². The molecule has 0 aliphatic carbocycles. The lowest BCUT2D eigenvalue weighted by atomic mass is 10.1. The Hall–Kier alpha value is -1.36. The van der Waals surface area contributed by atoms with E-state index >= 15 is 0 Å². The van der Waals surface area contributed by atoms with Gasteiger partial charge in [-0.05, 0) is 36.8 Å². The maximum Gasteiger partial charge on any atom is 0.172 e. The second kappa shape index (κ2) is 5.52. The van der Waals surface area contributed by atoms with Gasteiger partial charge < -0.3 is 15.8 Å². The zero-order valence-corrected chi connectivity index (χ0v) is 11.6. The zero-order valence-electron chi connectivity index (χ0n) is 10.8. The van der Waals surface area contributed by atoms with E-state index in [4.69, 9.17) is 10.9 Å². The molecule has 18 heavy (non-hydrogen) atoms. The molecule has 1 aromatic carbocycles. The summed E-state index contributed by atoms with van der Waals surface area (Å²) >= 11 is 1.98. The molecule has 1 aliphatic rings. The Morgan fingerprint density at radius 3 is 2.94 bits per heavy atom. The van der Waals surface area contributed by atoms with Gasteiger partial charge in [-0.1, -0.05) is 11.2 Å². The molecule has 5 heteroatoms. The molecule has 3 N–H and O–H groups in total. The van der Waals surface area contributed by atoms with Gasteiger partial charge in [0.1, 0.15) is 0 Å². The minimum absolute atomic E-state index is 0.169. The van der Waals surface area contributed by atoms with Gasteiger partial charge in [0.05, 0.1) is 0 Å². The third-order valence-corrected chi connectivity index (χ3v) is 4.52. The van der Waals surface area contributed by atoms with Crippen molar-refractivity contribution in [1.29, 1.82) is 0 Å². The summed E-state index contributed by atoms with van der Waals surface area (Å²) in [4.78, 5) is 2.25. The second-order valence-electron chi connectivity index (χ2n) is 4.63. The third-order valence-electron chi connectivity index (χ3n) is 3.37. The highest BCUT2D eigenvalue weighted by molar-refractivity contribution is 7.99. The van der Waals surface area contributed by atoms with E-state index in [0.717, 1.165) is 17.0 Å². The molecule has 1 aliphatic heterocycles. The molecule has 1 saturated heterocycles. The van der Waals surface area contributed by atoms with Crippen LogP contribution in [0.1, 0.15) is 17.5 Å². The monoisotopic (exact) mass is 265 g/mol. The first-order valence-electron chi connectivity index (χ1n) is 6.02. The van der Waals surface area contributed by atoms with Crippen molar-refractivity contribution in [3.05, 3.63) is 29.3 Å². The molecule has 0 amide bonds. The summed E-state index contributed by atoms with van der Waals surface area (Å²) in [5.41, 5.74) is 8.76. The van der Waals surface area contributed by atoms with Gasteiger partial charge in [0, 0.05) is 30.1 Å². The maximum atomic E-state index is 8.87. The van der Waals surface area contributed by atoms with Gasteiger partial charge in [-0.2, -0.15) is 11.8 Å². The summed E-state index contributed by atoms with van der Waals surface area (Å²) in [5, 5.41) is 12.0. The van der Waals surface area contributed by atoms with Crippen molar-refractivity contribution in [1.82, 2.24) is 0 Å². The van der Waals surface area contributed by atoms with E-state index in [-0.39, 0.29) is 5.84 Å². The van der Waals surface area contributed by atoms with E-state index in [1.807, 2.05) is 23.9 Å². The molecule has 0 spiro atoms. The largest absolute Gasteiger partial charge is 0.409 e. The first-order valence-corrected chi connectivity index (χ1v) is 7.18. The van der Waals surface area contributed by atoms with Crippen LogP contribution in [0.3, 0.4) is 0 Å². The zero-order chi connectivity index (χ0) is 13.1. The number of amidine groups is 1. The maximum absolute atomic E-state index is 8.87. The Morgan fingerprint density at radius 1 is 1.56 bits per heavy atom. The highest BCUT2D eigenvalue weighted by Gasteiger charge is 2.22. The molecular weight excluding hydrogens is 246 g/mol. The van der Waals surface area contributed by atoms with Crippen LogP contribution in [0, 0.1) is 6.92 Å². The number of rotatable bonds is 3. The molecule has 4 nitrogen and oxygen atoms in total. The lowest BCUT2D eigenvalue weighted by Crippen LogP contribution is -2.33. The lowest BCUT2D eigenvalue weighted by Gasteiger charge is -2.28. The number of benzene rings is 1. The van der Waals surface area contributed by atoms with Crippen molar-refractivity contribution >= 4 is 23.3 Å². The fraction of sp³-hybridized carbons (Fsp3) is 0.462. The number of aryl methyl sites for hydroxylation is 1. The summed E-state index contributed by atoms with van der Waals surface area (Å²) in [6, 6.07) is 6.52.